The standard InChI is InChI=1S/C16H11BrF2N4O3/c1-25-13(24)8-26-16-14(17)15(9-2-3-10(18)11(19)6-9)23(22-16)12-7-20-4-5-21-12/h2-7H,8H2,1H3. The third-order valence-corrected chi connectivity index (χ3v) is 4.03. The first-order valence-corrected chi connectivity index (χ1v) is 8.00. The monoisotopic (exact) mass is 424 g/mol. The third kappa shape index (κ3) is 3.54. The van der Waals surface area contributed by atoms with E-state index in [0.717, 1.165) is 12.1 Å². The maximum atomic E-state index is 13.7. The van der Waals surface area contributed by atoms with E-state index in [-0.39, 0.29) is 12.5 Å². The van der Waals surface area contributed by atoms with Crippen LogP contribution in [-0.4, -0.2) is 39.4 Å². The minimum atomic E-state index is -1.02. The number of carbonyl (C=O) groups is 1. The van der Waals surface area contributed by atoms with E-state index in [2.05, 4.69) is 35.7 Å². The van der Waals surface area contributed by atoms with Gasteiger partial charge in [-0.15, -0.1) is 5.10 Å². The summed E-state index contributed by atoms with van der Waals surface area (Å²) in [5.74, 6) is -2.21. The van der Waals surface area contributed by atoms with Gasteiger partial charge in [-0.3, -0.25) is 4.98 Å². The fourth-order valence-electron chi connectivity index (χ4n) is 2.12. The predicted octanol–water partition coefficient (Wildman–Crippen LogP) is 2.92. The van der Waals surface area contributed by atoms with Crippen molar-refractivity contribution in [2.24, 2.45) is 0 Å². The Morgan fingerprint density at radius 3 is 2.73 bits per heavy atom. The van der Waals surface area contributed by atoms with Gasteiger partial charge in [0.15, 0.2) is 24.1 Å². The number of hydrogen-bond donors (Lipinski definition) is 0. The summed E-state index contributed by atoms with van der Waals surface area (Å²) in [6, 6.07) is 3.41. The summed E-state index contributed by atoms with van der Waals surface area (Å²) in [6.45, 7) is -0.371. The average Bonchev–Trinajstić information content (AvgIpc) is 2.99. The van der Waals surface area contributed by atoms with Crippen molar-refractivity contribution in [1.29, 1.82) is 0 Å². The molecule has 0 spiro atoms. The summed E-state index contributed by atoms with van der Waals surface area (Å²) in [7, 11) is 1.23. The Labute approximate surface area is 154 Å². The topological polar surface area (TPSA) is 79.1 Å². The number of halogens is 3. The summed E-state index contributed by atoms with van der Waals surface area (Å²) < 4.78 is 38.5. The minimum absolute atomic E-state index is 0.0563. The van der Waals surface area contributed by atoms with Crippen molar-refractivity contribution < 1.29 is 23.0 Å². The molecular weight excluding hydrogens is 414 g/mol. The smallest absolute Gasteiger partial charge is 0.343 e. The quantitative estimate of drug-likeness (QED) is 0.585. The fraction of sp³-hybridized carbons (Fsp3) is 0.125. The molecule has 0 bridgehead atoms. The lowest BCUT2D eigenvalue weighted by Crippen LogP contribution is -2.13. The van der Waals surface area contributed by atoms with Crippen molar-refractivity contribution in [1.82, 2.24) is 19.7 Å². The Balaban J connectivity index is 2.12. The van der Waals surface area contributed by atoms with E-state index in [1.165, 1.54) is 36.4 Å². The highest BCUT2D eigenvalue weighted by atomic mass is 79.9. The second-order valence-corrected chi connectivity index (χ2v) is 5.73. The second-order valence-electron chi connectivity index (χ2n) is 4.94. The normalized spacial score (nSPS) is 10.6. The van der Waals surface area contributed by atoms with Crippen LogP contribution in [0.2, 0.25) is 0 Å². The number of rotatable bonds is 5. The van der Waals surface area contributed by atoms with Crippen molar-refractivity contribution in [3.8, 4) is 23.0 Å². The van der Waals surface area contributed by atoms with E-state index >= 15 is 0 Å². The van der Waals surface area contributed by atoms with E-state index in [1.807, 2.05) is 0 Å². The molecule has 0 amide bonds. The molecule has 0 aliphatic rings. The average molecular weight is 425 g/mol. The molecule has 10 heteroatoms. The Bertz CT molecular complexity index is 950. The number of esters is 1. The molecular formula is C16H11BrF2N4O3. The van der Waals surface area contributed by atoms with Gasteiger partial charge in [-0.25, -0.2) is 23.2 Å². The van der Waals surface area contributed by atoms with Crippen molar-refractivity contribution in [3.05, 3.63) is 52.9 Å². The molecule has 2 heterocycles. The van der Waals surface area contributed by atoms with Crippen molar-refractivity contribution >= 4 is 21.9 Å². The third-order valence-electron chi connectivity index (χ3n) is 3.31. The molecule has 0 aliphatic heterocycles. The van der Waals surface area contributed by atoms with Gasteiger partial charge in [-0.05, 0) is 34.1 Å². The van der Waals surface area contributed by atoms with Gasteiger partial charge in [0.05, 0.1) is 19.0 Å². The van der Waals surface area contributed by atoms with Crippen LogP contribution in [0.4, 0.5) is 8.78 Å². The number of methoxy groups -OCH3 is 1. The van der Waals surface area contributed by atoms with Crippen LogP contribution in [0.5, 0.6) is 5.88 Å². The summed E-state index contributed by atoms with van der Waals surface area (Å²) in [5, 5.41) is 4.24. The summed E-state index contributed by atoms with van der Waals surface area (Å²) in [6.07, 6.45) is 4.37. The highest BCUT2D eigenvalue weighted by Gasteiger charge is 2.22. The molecule has 0 aliphatic carbocycles. The lowest BCUT2D eigenvalue weighted by Gasteiger charge is -2.07. The van der Waals surface area contributed by atoms with E-state index in [4.69, 9.17) is 4.74 Å². The molecule has 0 N–H and O–H groups in total. The van der Waals surface area contributed by atoms with Crippen LogP contribution in [0.15, 0.2) is 41.3 Å². The molecule has 3 aromatic rings. The predicted molar refractivity (Wildman–Crippen MR) is 89.7 cm³/mol. The lowest BCUT2D eigenvalue weighted by atomic mass is 10.1. The van der Waals surface area contributed by atoms with E-state index in [0.29, 0.717) is 21.5 Å². The van der Waals surface area contributed by atoms with Crippen molar-refractivity contribution in [2.75, 3.05) is 13.7 Å². The summed E-state index contributed by atoms with van der Waals surface area (Å²) in [5.41, 5.74) is 0.672. The highest BCUT2D eigenvalue weighted by molar-refractivity contribution is 9.10. The van der Waals surface area contributed by atoms with Crippen LogP contribution in [0.25, 0.3) is 17.1 Å². The van der Waals surface area contributed by atoms with Crippen LogP contribution >= 0.6 is 15.9 Å². The Morgan fingerprint density at radius 1 is 1.27 bits per heavy atom. The van der Waals surface area contributed by atoms with Gasteiger partial charge >= 0.3 is 5.97 Å². The fourth-order valence-corrected chi connectivity index (χ4v) is 2.71. The zero-order valence-corrected chi connectivity index (χ0v) is 14.9. The van der Waals surface area contributed by atoms with Crippen LogP contribution in [0.1, 0.15) is 0 Å². The first kappa shape index (κ1) is 17.9. The molecule has 0 unspecified atom stereocenters. The van der Waals surface area contributed by atoms with E-state index in [1.54, 1.807) is 0 Å². The molecule has 0 atom stereocenters. The van der Waals surface area contributed by atoms with Crippen molar-refractivity contribution in [2.45, 2.75) is 0 Å². The molecule has 26 heavy (non-hydrogen) atoms. The number of carbonyl (C=O) groups excluding carboxylic acids is 1. The number of aromatic nitrogens is 4. The summed E-state index contributed by atoms with van der Waals surface area (Å²) in [4.78, 5) is 19.4. The molecule has 0 saturated carbocycles. The van der Waals surface area contributed by atoms with Crippen LogP contribution in [0, 0.1) is 11.6 Å². The molecule has 2 aromatic heterocycles. The number of hydrogen-bond acceptors (Lipinski definition) is 6. The Morgan fingerprint density at radius 2 is 2.08 bits per heavy atom. The van der Waals surface area contributed by atoms with Gasteiger partial charge < -0.3 is 9.47 Å². The summed E-state index contributed by atoms with van der Waals surface area (Å²) >= 11 is 3.33. The first-order chi connectivity index (χ1) is 12.5. The molecule has 3 rings (SSSR count). The van der Waals surface area contributed by atoms with E-state index in [9.17, 15) is 13.6 Å². The zero-order valence-electron chi connectivity index (χ0n) is 13.3. The maximum absolute atomic E-state index is 13.7. The van der Waals surface area contributed by atoms with Crippen LogP contribution < -0.4 is 4.74 Å². The Kier molecular flexibility index (Phi) is 5.21. The van der Waals surface area contributed by atoms with Gasteiger partial charge in [-0.2, -0.15) is 0 Å². The second kappa shape index (κ2) is 7.56. The van der Waals surface area contributed by atoms with Crippen LogP contribution in [0.3, 0.4) is 0 Å². The first-order valence-electron chi connectivity index (χ1n) is 7.21. The number of nitrogens with zero attached hydrogens (tertiary/aromatic N) is 4. The van der Waals surface area contributed by atoms with Crippen LogP contribution in [-0.2, 0) is 9.53 Å². The van der Waals surface area contributed by atoms with E-state index < -0.39 is 17.6 Å². The molecule has 1 aromatic carbocycles. The lowest BCUT2D eigenvalue weighted by molar-refractivity contribution is -0.143. The van der Waals surface area contributed by atoms with Gasteiger partial charge in [0.25, 0.3) is 0 Å². The molecule has 0 radical (unpaired) electrons. The van der Waals surface area contributed by atoms with Gasteiger partial charge in [0, 0.05) is 18.0 Å². The highest BCUT2D eigenvalue weighted by Crippen LogP contribution is 2.37. The Hall–Kier alpha value is -2.88. The molecule has 7 nitrogen and oxygen atoms in total. The van der Waals surface area contributed by atoms with Gasteiger partial charge in [0.2, 0.25) is 5.88 Å². The van der Waals surface area contributed by atoms with Gasteiger partial charge in [-0.1, -0.05) is 0 Å². The number of benzene rings is 1. The largest absolute Gasteiger partial charge is 0.466 e. The molecule has 134 valence electrons. The SMILES string of the molecule is COC(=O)COc1nn(-c2cnccn2)c(-c2ccc(F)c(F)c2)c1Br. The maximum Gasteiger partial charge on any atom is 0.343 e. The molecule has 0 fully saturated rings. The van der Waals surface area contributed by atoms with Crippen molar-refractivity contribution in [3.63, 3.8) is 0 Å². The number of ether oxygens (including phenoxy) is 2. The zero-order chi connectivity index (χ0) is 18.7. The minimum Gasteiger partial charge on any atom is -0.466 e. The van der Waals surface area contributed by atoms with Gasteiger partial charge in [0.1, 0.15) is 4.47 Å². The molecule has 0 saturated heterocycles.